The molecule has 1 aliphatic carbocycles. The minimum atomic E-state index is -0.949. The molecule has 0 amide bonds. The summed E-state index contributed by atoms with van der Waals surface area (Å²) in [6, 6.07) is 0. The number of carbonyl (C=O) groups is 1. The zero-order chi connectivity index (χ0) is 15.4. The summed E-state index contributed by atoms with van der Waals surface area (Å²) in [5.41, 5.74) is 0. The molecule has 1 aliphatic heterocycles. The molecule has 0 spiro atoms. The van der Waals surface area contributed by atoms with E-state index in [-0.39, 0.29) is 16.2 Å². The smallest absolute Gasteiger partial charge is 0.323 e. The highest BCUT2D eigenvalue weighted by atomic mass is 32.2. The summed E-state index contributed by atoms with van der Waals surface area (Å²) in [4.78, 5) is 24.3. The van der Waals surface area contributed by atoms with Crippen LogP contribution in [-0.2, 0) is 11.3 Å². The van der Waals surface area contributed by atoms with Crippen molar-refractivity contribution in [2.45, 2.75) is 62.3 Å². The Morgan fingerprint density at radius 1 is 1.43 bits per heavy atom. The Labute approximate surface area is 132 Å². The number of hydrogen-bond donors (Lipinski definition) is 1. The molecule has 2 heterocycles. The standard InChI is InChI=1S/C15H21NO3S2/c1-8-4-5-10-9(6-8)12-13(21-15(10,2)3)16(7-11(17)18)14(19)20-12/h8-10H,4-7H2,1-3H3,(H,17,18)/t8-,9-,10-/m0/s1. The minimum Gasteiger partial charge on any atom is -0.480 e. The van der Waals surface area contributed by atoms with Gasteiger partial charge in [-0.05, 0) is 24.7 Å². The highest BCUT2D eigenvalue weighted by Gasteiger charge is 2.47. The van der Waals surface area contributed by atoms with Crippen LogP contribution in [0, 0.1) is 11.8 Å². The SMILES string of the molecule is C[C@H]1CC[C@H]2[C@H](C1)c1sc(=O)n(CC(=O)O)c1SC2(C)C. The Bertz CT molecular complexity index is 631. The Kier molecular flexibility index (Phi) is 3.72. The molecule has 3 rings (SSSR count). The monoisotopic (exact) mass is 327 g/mol. The van der Waals surface area contributed by atoms with Crippen molar-refractivity contribution in [2.24, 2.45) is 11.8 Å². The van der Waals surface area contributed by atoms with E-state index in [0.717, 1.165) is 16.3 Å². The molecule has 116 valence electrons. The van der Waals surface area contributed by atoms with Crippen LogP contribution in [0.5, 0.6) is 0 Å². The average Bonchev–Trinajstić information content (AvgIpc) is 2.66. The molecule has 3 atom stereocenters. The van der Waals surface area contributed by atoms with Gasteiger partial charge >= 0.3 is 10.8 Å². The van der Waals surface area contributed by atoms with Crippen LogP contribution in [-0.4, -0.2) is 20.4 Å². The Morgan fingerprint density at radius 2 is 2.14 bits per heavy atom. The Balaban J connectivity index is 2.09. The van der Waals surface area contributed by atoms with Crippen molar-refractivity contribution < 1.29 is 9.90 Å². The number of carboxylic acids is 1. The van der Waals surface area contributed by atoms with Gasteiger partial charge in [0.15, 0.2) is 0 Å². The zero-order valence-corrected chi connectivity index (χ0v) is 14.2. The summed E-state index contributed by atoms with van der Waals surface area (Å²) in [6.07, 6.45) is 3.58. The first-order chi connectivity index (χ1) is 9.79. The number of carboxylic acid groups (broad SMARTS) is 1. The number of fused-ring (bicyclic) bond motifs is 3. The molecular weight excluding hydrogens is 306 g/mol. The van der Waals surface area contributed by atoms with E-state index in [0.29, 0.717) is 17.8 Å². The fourth-order valence-corrected chi connectivity index (χ4v) is 6.66. The summed E-state index contributed by atoms with van der Waals surface area (Å²) in [6.45, 7) is 6.53. The second-order valence-corrected chi connectivity index (χ2v) is 9.49. The molecule has 21 heavy (non-hydrogen) atoms. The topological polar surface area (TPSA) is 59.3 Å². The molecular formula is C15H21NO3S2. The van der Waals surface area contributed by atoms with Gasteiger partial charge in [-0.1, -0.05) is 38.5 Å². The van der Waals surface area contributed by atoms with Crippen LogP contribution in [0.2, 0.25) is 0 Å². The van der Waals surface area contributed by atoms with Gasteiger partial charge in [-0.25, -0.2) is 0 Å². The van der Waals surface area contributed by atoms with Crippen LogP contribution in [0.1, 0.15) is 50.8 Å². The number of hydrogen-bond acceptors (Lipinski definition) is 4. The number of thioether (sulfide) groups is 1. The summed E-state index contributed by atoms with van der Waals surface area (Å²) in [5, 5.41) is 9.96. The first-order valence-electron chi connectivity index (χ1n) is 7.44. The van der Waals surface area contributed by atoms with Crippen LogP contribution < -0.4 is 4.87 Å². The van der Waals surface area contributed by atoms with Gasteiger partial charge in [-0.3, -0.25) is 14.2 Å². The van der Waals surface area contributed by atoms with Crippen LogP contribution >= 0.6 is 23.1 Å². The Morgan fingerprint density at radius 3 is 2.81 bits per heavy atom. The highest BCUT2D eigenvalue weighted by molar-refractivity contribution is 8.00. The molecule has 1 saturated carbocycles. The summed E-state index contributed by atoms with van der Waals surface area (Å²) in [5.74, 6) is 0.744. The number of rotatable bonds is 2. The van der Waals surface area contributed by atoms with Gasteiger partial charge < -0.3 is 5.11 Å². The first kappa shape index (κ1) is 15.2. The molecule has 1 aromatic heterocycles. The van der Waals surface area contributed by atoms with Crippen LogP contribution in [0.3, 0.4) is 0 Å². The van der Waals surface area contributed by atoms with Crippen molar-refractivity contribution in [1.82, 2.24) is 4.57 Å². The Hall–Kier alpha value is -0.750. The third-order valence-electron chi connectivity index (χ3n) is 4.87. The molecule has 1 fully saturated rings. The third kappa shape index (κ3) is 2.57. The molecule has 0 bridgehead atoms. The van der Waals surface area contributed by atoms with E-state index >= 15 is 0 Å². The van der Waals surface area contributed by atoms with Crippen molar-refractivity contribution in [3.05, 3.63) is 14.5 Å². The summed E-state index contributed by atoms with van der Waals surface area (Å²) < 4.78 is 1.52. The molecule has 1 N–H and O–H groups in total. The van der Waals surface area contributed by atoms with Gasteiger partial charge in [0.05, 0.1) is 5.03 Å². The lowest BCUT2D eigenvalue weighted by Gasteiger charge is -2.47. The van der Waals surface area contributed by atoms with E-state index in [4.69, 9.17) is 5.11 Å². The van der Waals surface area contributed by atoms with Gasteiger partial charge in [0, 0.05) is 15.5 Å². The second-order valence-electron chi connectivity index (χ2n) is 6.85. The van der Waals surface area contributed by atoms with Crippen LogP contribution in [0.4, 0.5) is 0 Å². The normalized spacial score (nSPS) is 30.5. The van der Waals surface area contributed by atoms with Crippen molar-refractivity contribution in [3.8, 4) is 0 Å². The first-order valence-corrected chi connectivity index (χ1v) is 9.07. The summed E-state index contributed by atoms with van der Waals surface area (Å²) in [7, 11) is 0. The number of aliphatic carboxylic acids is 1. The molecule has 1 aromatic rings. The molecule has 0 radical (unpaired) electrons. The molecule has 6 heteroatoms. The predicted octanol–water partition coefficient (Wildman–Crippen LogP) is 3.40. The molecule has 0 saturated heterocycles. The third-order valence-corrected chi connectivity index (χ3v) is 7.57. The van der Waals surface area contributed by atoms with Gasteiger partial charge in [-0.15, -0.1) is 11.8 Å². The fraction of sp³-hybridized carbons (Fsp3) is 0.733. The van der Waals surface area contributed by atoms with Gasteiger partial charge in [0.1, 0.15) is 6.54 Å². The van der Waals surface area contributed by atoms with E-state index in [9.17, 15) is 9.59 Å². The highest BCUT2D eigenvalue weighted by Crippen LogP contribution is 2.58. The second kappa shape index (κ2) is 5.16. The van der Waals surface area contributed by atoms with Crippen molar-refractivity contribution >= 4 is 29.1 Å². The van der Waals surface area contributed by atoms with Crippen molar-refractivity contribution in [3.63, 3.8) is 0 Å². The maximum absolute atomic E-state index is 12.2. The maximum atomic E-state index is 12.2. The largest absolute Gasteiger partial charge is 0.480 e. The fourth-order valence-electron chi connectivity index (χ4n) is 3.85. The van der Waals surface area contributed by atoms with E-state index in [1.54, 1.807) is 11.8 Å². The van der Waals surface area contributed by atoms with E-state index in [1.807, 2.05) is 0 Å². The van der Waals surface area contributed by atoms with E-state index in [2.05, 4.69) is 20.8 Å². The minimum absolute atomic E-state index is 0.0611. The molecule has 0 aromatic carbocycles. The maximum Gasteiger partial charge on any atom is 0.323 e. The zero-order valence-electron chi connectivity index (χ0n) is 12.6. The number of aromatic nitrogens is 1. The van der Waals surface area contributed by atoms with Crippen LogP contribution in [0.15, 0.2) is 9.82 Å². The van der Waals surface area contributed by atoms with Crippen LogP contribution in [0.25, 0.3) is 0 Å². The lowest BCUT2D eigenvalue weighted by Crippen LogP contribution is -2.39. The lowest BCUT2D eigenvalue weighted by atomic mass is 9.69. The predicted molar refractivity (Wildman–Crippen MR) is 85.4 cm³/mol. The number of nitrogens with zero attached hydrogens (tertiary/aromatic N) is 1. The van der Waals surface area contributed by atoms with Gasteiger partial charge in [0.25, 0.3) is 0 Å². The van der Waals surface area contributed by atoms with Crippen molar-refractivity contribution in [2.75, 3.05) is 0 Å². The van der Waals surface area contributed by atoms with Gasteiger partial charge in [0.2, 0.25) is 0 Å². The average molecular weight is 327 g/mol. The quantitative estimate of drug-likeness (QED) is 0.904. The number of thiazole rings is 1. The van der Waals surface area contributed by atoms with Gasteiger partial charge in [-0.2, -0.15) is 0 Å². The molecule has 0 unspecified atom stereocenters. The van der Waals surface area contributed by atoms with Crippen molar-refractivity contribution in [1.29, 1.82) is 0 Å². The molecule has 2 aliphatic rings. The summed E-state index contributed by atoms with van der Waals surface area (Å²) >= 11 is 2.97. The van der Waals surface area contributed by atoms with E-state index in [1.165, 1.54) is 28.7 Å². The molecule has 4 nitrogen and oxygen atoms in total. The lowest BCUT2D eigenvalue weighted by molar-refractivity contribution is -0.137. The van der Waals surface area contributed by atoms with E-state index < -0.39 is 5.97 Å².